The highest BCUT2D eigenvalue weighted by Gasteiger charge is 2.22. The van der Waals surface area contributed by atoms with Gasteiger partial charge in [0, 0.05) is 29.4 Å². The SMILES string of the molecule is COc1cn(Cc2cc(F)cc(Cl)c2)c(Nc2cc(N3CCCC3=O)ccc2C)nc1=O. The third-order valence-electron chi connectivity index (χ3n) is 5.31. The molecule has 4 rings (SSSR count). The summed E-state index contributed by atoms with van der Waals surface area (Å²) < 4.78 is 20.6. The Kier molecular flexibility index (Phi) is 6.14. The van der Waals surface area contributed by atoms with Crippen molar-refractivity contribution < 1.29 is 13.9 Å². The summed E-state index contributed by atoms with van der Waals surface area (Å²) in [7, 11) is 1.38. The molecule has 3 aromatic rings. The quantitative estimate of drug-likeness (QED) is 0.599. The van der Waals surface area contributed by atoms with Gasteiger partial charge in [-0.25, -0.2) is 4.39 Å². The molecule has 1 saturated heterocycles. The Hall–Kier alpha value is -3.39. The Balaban J connectivity index is 1.72. The standard InChI is InChI=1S/C23H22ClFN4O3/c1-14-5-6-18(29-7-3-4-21(29)30)11-19(14)26-23-27-22(31)20(32-2)13-28(23)12-15-8-16(24)10-17(25)9-15/h5-6,8-11,13H,3-4,7,12H2,1-2H3,(H,26,27,31). The monoisotopic (exact) mass is 456 g/mol. The number of methoxy groups -OCH3 is 1. The lowest BCUT2D eigenvalue weighted by Crippen LogP contribution is -2.24. The topological polar surface area (TPSA) is 76.5 Å². The highest BCUT2D eigenvalue weighted by molar-refractivity contribution is 6.30. The molecule has 2 heterocycles. The van der Waals surface area contributed by atoms with E-state index in [2.05, 4.69) is 10.3 Å². The number of carbonyl (C=O) groups is 1. The normalized spacial score (nSPS) is 13.5. The summed E-state index contributed by atoms with van der Waals surface area (Å²) >= 11 is 5.99. The molecule has 0 unspecified atom stereocenters. The molecule has 0 saturated carbocycles. The lowest BCUT2D eigenvalue weighted by atomic mass is 10.1. The van der Waals surface area contributed by atoms with Gasteiger partial charge in [-0.1, -0.05) is 17.7 Å². The highest BCUT2D eigenvalue weighted by atomic mass is 35.5. The maximum Gasteiger partial charge on any atom is 0.316 e. The number of halogens is 2. The molecule has 1 fully saturated rings. The van der Waals surface area contributed by atoms with Crippen molar-refractivity contribution >= 4 is 34.8 Å². The van der Waals surface area contributed by atoms with Gasteiger partial charge in [0.1, 0.15) is 5.82 Å². The third-order valence-corrected chi connectivity index (χ3v) is 5.53. The molecule has 1 aromatic heterocycles. The first kappa shape index (κ1) is 21.8. The molecule has 166 valence electrons. The smallest absolute Gasteiger partial charge is 0.316 e. The summed E-state index contributed by atoms with van der Waals surface area (Å²) in [5.74, 6) is -0.0561. The Morgan fingerprint density at radius 2 is 2.03 bits per heavy atom. The van der Waals surface area contributed by atoms with Crippen molar-refractivity contribution in [2.75, 3.05) is 23.9 Å². The van der Waals surface area contributed by atoms with E-state index in [0.29, 0.717) is 24.2 Å². The van der Waals surface area contributed by atoms with E-state index in [1.807, 2.05) is 25.1 Å². The van der Waals surface area contributed by atoms with Crippen molar-refractivity contribution in [3.63, 3.8) is 0 Å². The molecule has 0 aliphatic carbocycles. The van der Waals surface area contributed by atoms with Gasteiger partial charge in [-0.05, 0) is 54.8 Å². The summed E-state index contributed by atoms with van der Waals surface area (Å²) in [4.78, 5) is 30.4. The summed E-state index contributed by atoms with van der Waals surface area (Å²) in [6.07, 6.45) is 2.87. The number of aromatic nitrogens is 2. The second-order valence-electron chi connectivity index (χ2n) is 7.62. The van der Waals surface area contributed by atoms with Crippen LogP contribution in [0.3, 0.4) is 0 Å². The molecular weight excluding hydrogens is 435 g/mol. The van der Waals surface area contributed by atoms with Crippen LogP contribution in [0.25, 0.3) is 0 Å². The Morgan fingerprint density at radius 1 is 1.22 bits per heavy atom. The van der Waals surface area contributed by atoms with E-state index >= 15 is 0 Å². The van der Waals surface area contributed by atoms with Crippen molar-refractivity contribution in [3.8, 4) is 5.75 Å². The molecule has 0 atom stereocenters. The van der Waals surface area contributed by atoms with E-state index in [4.69, 9.17) is 16.3 Å². The Morgan fingerprint density at radius 3 is 2.72 bits per heavy atom. The highest BCUT2D eigenvalue weighted by Crippen LogP contribution is 2.29. The van der Waals surface area contributed by atoms with Gasteiger partial charge in [-0.2, -0.15) is 4.98 Å². The number of rotatable bonds is 6. The second-order valence-corrected chi connectivity index (χ2v) is 8.05. The maximum atomic E-state index is 13.8. The molecule has 0 spiro atoms. The minimum Gasteiger partial charge on any atom is -0.490 e. The second kappa shape index (κ2) is 9.00. The number of carbonyl (C=O) groups excluding carboxylic acids is 1. The van der Waals surface area contributed by atoms with Crippen LogP contribution in [0.15, 0.2) is 47.4 Å². The molecule has 1 aliphatic heterocycles. The van der Waals surface area contributed by atoms with Gasteiger partial charge in [-0.15, -0.1) is 0 Å². The predicted molar refractivity (Wildman–Crippen MR) is 122 cm³/mol. The first-order valence-electron chi connectivity index (χ1n) is 10.1. The van der Waals surface area contributed by atoms with Gasteiger partial charge >= 0.3 is 5.56 Å². The maximum absolute atomic E-state index is 13.8. The summed E-state index contributed by atoms with van der Waals surface area (Å²) in [5, 5.41) is 3.47. The van der Waals surface area contributed by atoms with Crippen molar-refractivity contribution in [1.29, 1.82) is 0 Å². The summed E-state index contributed by atoms with van der Waals surface area (Å²) in [5.41, 5.74) is 2.45. The van der Waals surface area contributed by atoms with Gasteiger partial charge in [-0.3, -0.25) is 9.59 Å². The number of amides is 1. The van der Waals surface area contributed by atoms with E-state index < -0.39 is 11.4 Å². The van der Waals surface area contributed by atoms with E-state index in [-0.39, 0.29) is 29.2 Å². The lowest BCUT2D eigenvalue weighted by molar-refractivity contribution is -0.117. The van der Waals surface area contributed by atoms with E-state index in [1.165, 1.54) is 25.4 Å². The average Bonchev–Trinajstić information content (AvgIpc) is 3.16. The lowest BCUT2D eigenvalue weighted by Gasteiger charge is -2.20. The van der Waals surface area contributed by atoms with Gasteiger partial charge in [0.05, 0.1) is 19.9 Å². The van der Waals surface area contributed by atoms with E-state index in [1.54, 1.807) is 15.5 Å². The first-order valence-corrected chi connectivity index (χ1v) is 10.5. The molecule has 0 radical (unpaired) electrons. The van der Waals surface area contributed by atoms with Gasteiger partial charge in [0.25, 0.3) is 0 Å². The number of ether oxygens (including phenoxy) is 1. The van der Waals surface area contributed by atoms with Crippen molar-refractivity contribution in [1.82, 2.24) is 9.55 Å². The van der Waals surface area contributed by atoms with E-state index in [9.17, 15) is 14.0 Å². The Labute approximate surface area is 189 Å². The summed E-state index contributed by atoms with van der Waals surface area (Å²) in [6, 6.07) is 9.89. The van der Waals surface area contributed by atoms with Crippen LogP contribution in [0, 0.1) is 12.7 Å². The fraction of sp³-hybridized carbons (Fsp3) is 0.261. The minimum atomic E-state index is -0.535. The molecule has 1 N–H and O–H groups in total. The third kappa shape index (κ3) is 4.60. The fourth-order valence-corrected chi connectivity index (χ4v) is 3.93. The molecule has 1 amide bonds. The summed E-state index contributed by atoms with van der Waals surface area (Å²) in [6.45, 7) is 2.79. The predicted octanol–water partition coefficient (Wildman–Crippen LogP) is 4.27. The van der Waals surface area contributed by atoms with Gasteiger partial charge in [0.2, 0.25) is 17.6 Å². The van der Waals surface area contributed by atoms with Crippen LogP contribution in [-0.2, 0) is 11.3 Å². The average molecular weight is 457 g/mol. The number of aryl methyl sites for hydroxylation is 1. The van der Waals surface area contributed by atoms with E-state index in [0.717, 1.165) is 17.7 Å². The van der Waals surface area contributed by atoms with Crippen LogP contribution < -0.4 is 20.5 Å². The molecule has 9 heteroatoms. The largest absolute Gasteiger partial charge is 0.490 e. The minimum absolute atomic E-state index is 0.0613. The van der Waals surface area contributed by atoms with Gasteiger partial charge in [0.15, 0.2) is 0 Å². The van der Waals surface area contributed by atoms with Crippen LogP contribution in [-0.4, -0.2) is 29.1 Å². The zero-order valence-electron chi connectivity index (χ0n) is 17.7. The van der Waals surface area contributed by atoms with Crippen molar-refractivity contribution in [3.05, 3.63) is 74.9 Å². The molecule has 7 nitrogen and oxygen atoms in total. The number of nitrogens with zero attached hydrogens (tertiary/aromatic N) is 3. The first-order chi connectivity index (χ1) is 15.3. The number of hydrogen-bond donors (Lipinski definition) is 1. The molecule has 2 aromatic carbocycles. The van der Waals surface area contributed by atoms with Crippen LogP contribution in [0.5, 0.6) is 5.75 Å². The number of nitrogens with one attached hydrogen (secondary N) is 1. The zero-order valence-corrected chi connectivity index (χ0v) is 18.4. The van der Waals surface area contributed by atoms with Gasteiger partial charge < -0.3 is 19.5 Å². The molecule has 32 heavy (non-hydrogen) atoms. The van der Waals surface area contributed by atoms with Crippen LogP contribution in [0.2, 0.25) is 5.02 Å². The van der Waals surface area contributed by atoms with Crippen LogP contribution >= 0.6 is 11.6 Å². The molecule has 1 aliphatic rings. The van der Waals surface area contributed by atoms with Crippen LogP contribution in [0.4, 0.5) is 21.7 Å². The Bertz CT molecular complexity index is 1220. The number of hydrogen-bond acceptors (Lipinski definition) is 5. The van der Waals surface area contributed by atoms with Crippen molar-refractivity contribution in [2.24, 2.45) is 0 Å². The van der Waals surface area contributed by atoms with Crippen LogP contribution in [0.1, 0.15) is 24.0 Å². The zero-order chi connectivity index (χ0) is 22.8. The molecule has 0 bridgehead atoms. The van der Waals surface area contributed by atoms with Crippen molar-refractivity contribution in [2.45, 2.75) is 26.3 Å². The fourth-order valence-electron chi connectivity index (χ4n) is 3.69. The number of benzene rings is 2. The number of anilines is 3. The molecular formula is C23H22ClFN4O3.